The Balaban J connectivity index is 1.73. The third kappa shape index (κ3) is 4.67. The van der Waals surface area contributed by atoms with Crippen molar-refractivity contribution in [3.05, 3.63) is 89.1 Å². The highest BCUT2D eigenvalue weighted by Gasteiger charge is 2.24. The zero-order valence-electron chi connectivity index (χ0n) is 17.5. The van der Waals surface area contributed by atoms with Crippen molar-refractivity contribution >= 4 is 35.0 Å². The molecule has 32 heavy (non-hydrogen) atoms. The second-order valence-corrected chi connectivity index (χ2v) is 9.29. The summed E-state index contributed by atoms with van der Waals surface area (Å²) in [7, 11) is 0. The van der Waals surface area contributed by atoms with E-state index in [2.05, 4.69) is 5.10 Å². The van der Waals surface area contributed by atoms with Gasteiger partial charge in [-0.25, -0.2) is 9.48 Å². The number of thiophene rings is 1. The van der Waals surface area contributed by atoms with E-state index >= 15 is 0 Å². The first kappa shape index (κ1) is 22.0. The molecule has 2 N–H and O–H groups in total. The van der Waals surface area contributed by atoms with Gasteiger partial charge in [-0.3, -0.25) is 0 Å². The van der Waals surface area contributed by atoms with Crippen LogP contribution in [0.1, 0.15) is 25.1 Å². The lowest BCUT2D eigenvalue weighted by molar-refractivity contribution is -0.131. The molecule has 7 heteroatoms. The number of carboxylic acid groups (broad SMARTS) is 1. The van der Waals surface area contributed by atoms with Gasteiger partial charge in [-0.1, -0.05) is 48.0 Å². The van der Waals surface area contributed by atoms with E-state index < -0.39 is 11.6 Å². The summed E-state index contributed by atoms with van der Waals surface area (Å²) < 4.78 is 1.77. The van der Waals surface area contributed by atoms with Crippen LogP contribution in [0.15, 0.2) is 72.8 Å². The van der Waals surface area contributed by atoms with Gasteiger partial charge in [0.2, 0.25) is 0 Å². The molecule has 0 saturated heterocycles. The number of aliphatic hydroxyl groups is 1. The smallest absolute Gasteiger partial charge is 0.328 e. The monoisotopic (exact) mass is 464 g/mol. The van der Waals surface area contributed by atoms with Crippen LogP contribution in [0.3, 0.4) is 0 Å². The summed E-state index contributed by atoms with van der Waals surface area (Å²) in [4.78, 5) is 12.7. The fourth-order valence-electron chi connectivity index (χ4n) is 3.22. The molecule has 4 aromatic rings. The normalized spacial score (nSPS) is 11.9. The number of benzene rings is 2. The van der Waals surface area contributed by atoms with E-state index in [-0.39, 0.29) is 0 Å². The van der Waals surface area contributed by atoms with Crippen LogP contribution < -0.4 is 0 Å². The van der Waals surface area contributed by atoms with Crippen LogP contribution >= 0.6 is 22.9 Å². The van der Waals surface area contributed by atoms with Gasteiger partial charge in [-0.15, -0.1) is 11.3 Å². The van der Waals surface area contributed by atoms with Crippen molar-refractivity contribution < 1.29 is 15.0 Å². The zero-order valence-corrected chi connectivity index (χ0v) is 19.1. The first-order chi connectivity index (χ1) is 15.2. The molecule has 162 valence electrons. The molecule has 0 atom stereocenters. The quantitative estimate of drug-likeness (QED) is 0.331. The fraction of sp³-hybridized carbons (Fsp3) is 0.120. The van der Waals surface area contributed by atoms with Gasteiger partial charge in [0.15, 0.2) is 0 Å². The van der Waals surface area contributed by atoms with Crippen molar-refractivity contribution in [1.82, 2.24) is 9.78 Å². The predicted octanol–water partition coefficient (Wildman–Crippen LogP) is 6.25. The highest BCUT2D eigenvalue weighted by Crippen LogP contribution is 2.38. The maximum Gasteiger partial charge on any atom is 0.328 e. The Morgan fingerprint density at radius 3 is 2.41 bits per heavy atom. The third-order valence-corrected chi connectivity index (χ3v) is 6.37. The SMILES string of the molecule is CC(C)(O)c1cc(-c2ccc(-c3ccc(/C=C/C(=O)O)cc3)s2)n(-c2ccccc2Cl)n1. The molecule has 0 aliphatic heterocycles. The summed E-state index contributed by atoms with van der Waals surface area (Å²) >= 11 is 8.04. The van der Waals surface area contributed by atoms with Crippen molar-refractivity contribution in [1.29, 1.82) is 0 Å². The van der Waals surface area contributed by atoms with Gasteiger partial charge < -0.3 is 10.2 Å². The number of para-hydroxylation sites is 1. The lowest BCUT2D eigenvalue weighted by Crippen LogP contribution is -2.16. The highest BCUT2D eigenvalue weighted by atomic mass is 35.5. The van der Waals surface area contributed by atoms with Crippen LogP contribution in [-0.2, 0) is 10.4 Å². The van der Waals surface area contributed by atoms with Crippen LogP contribution in [0.25, 0.3) is 32.8 Å². The van der Waals surface area contributed by atoms with Gasteiger partial charge >= 0.3 is 5.97 Å². The van der Waals surface area contributed by atoms with E-state index in [0.717, 1.165) is 38.3 Å². The van der Waals surface area contributed by atoms with Crippen LogP contribution in [0.2, 0.25) is 5.02 Å². The average molecular weight is 465 g/mol. The number of aliphatic carboxylic acids is 1. The summed E-state index contributed by atoms with van der Waals surface area (Å²) in [6, 6.07) is 21.1. The fourth-order valence-corrected chi connectivity index (χ4v) is 4.45. The Hall–Kier alpha value is -3.19. The molecule has 0 aliphatic rings. The Bertz CT molecular complexity index is 1300. The number of nitrogens with zero attached hydrogens (tertiary/aromatic N) is 2. The summed E-state index contributed by atoms with van der Waals surface area (Å²) in [6.45, 7) is 3.41. The second kappa shape index (κ2) is 8.74. The second-order valence-electron chi connectivity index (χ2n) is 7.79. The molecular formula is C25H21ClN2O3S. The van der Waals surface area contributed by atoms with Crippen LogP contribution in [0.5, 0.6) is 0 Å². The molecular weight excluding hydrogens is 444 g/mol. The highest BCUT2D eigenvalue weighted by molar-refractivity contribution is 7.18. The van der Waals surface area contributed by atoms with Crippen LogP contribution in [0.4, 0.5) is 0 Å². The van der Waals surface area contributed by atoms with Gasteiger partial charge in [-0.05, 0) is 61.4 Å². The molecule has 0 unspecified atom stereocenters. The molecule has 0 saturated carbocycles. The molecule has 2 aromatic carbocycles. The largest absolute Gasteiger partial charge is 0.478 e. The molecule has 2 aromatic heterocycles. The van der Waals surface area contributed by atoms with E-state index in [1.807, 2.05) is 66.7 Å². The number of carbonyl (C=O) groups is 1. The minimum Gasteiger partial charge on any atom is -0.478 e. The van der Waals surface area contributed by atoms with Crippen molar-refractivity contribution in [3.8, 4) is 26.7 Å². The molecule has 0 spiro atoms. The minimum absolute atomic E-state index is 0.553. The molecule has 0 fully saturated rings. The molecule has 5 nitrogen and oxygen atoms in total. The van der Waals surface area contributed by atoms with E-state index in [0.29, 0.717) is 10.7 Å². The minimum atomic E-state index is -1.10. The number of halogens is 1. The third-order valence-electron chi connectivity index (χ3n) is 4.89. The zero-order chi connectivity index (χ0) is 22.9. The van der Waals surface area contributed by atoms with E-state index in [1.165, 1.54) is 0 Å². The maximum atomic E-state index is 10.7. The average Bonchev–Trinajstić information content (AvgIpc) is 3.40. The van der Waals surface area contributed by atoms with Gasteiger partial charge in [0, 0.05) is 11.0 Å². The Kier molecular flexibility index (Phi) is 6.02. The van der Waals surface area contributed by atoms with E-state index in [4.69, 9.17) is 16.7 Å². The standard InChI is InChI=1S/C25H21ClN2O3S/c1-25(2,31)23-15-20(28(27-23)19-6-4-3-5-18(19)26)22-13-12-21(32-22)17-10-7-16(8-11-17)9-14-24(29)30/h3-15,31H,1-2H3,(H,29,30)/b14-9+. The molecule has 4 rings (SSSR count). The summed E-state index contributed by atoms with van der Waals surface area (Å²) in [6.07, 6.45) is 2.68. The van der Waals surface area contributed by atoms with E-state index in [1.54, 1.807) is 35.9 Å². The lowest BCUT2D eigenvalue weighted by atomic mass is 10.1. The van der Waals surface area contributed by atoms with Crippen molar-refractivity contribution in [2.75, 3.05) is 0 Å². The van der Waals surface area contributed by atoms with Crippen LogP contribution in [0, 0.1) is 0 Å². The van der Waals surface area contributed by atoms with Gasteiger partial charge in [0.1, 0.15) is 5.60 Å². The number of hydrogen-bond acceptors (Lipinski definition) is 4. The first-order valence-corrected chi connectivity index (χ1v) is 11.1. The van der Waals surface area contributed by atoms with Crippen molar-refractivity contribution in [2.45, 2.75) is 19.4 Å². The number of aromatic nitrogens is 2. The number of rotatable bonds is 6. The molecule has 0 amide bonds. The first-order valence-electron chi connectivity index (χ1n) is 9.92. The van der Waals surface area contributed by atoms with Gasteiger partial charge in [0.25, 0.3) is 0 Å². The lowest BCUT2D eigenvalue weighted by Gasteiger charge is -2.13. The Morgan fingerprint density at radius 2 is 1.75 bits per heavy atom. The number of hydrogen-bond donors (Lipinski definition) is 2. The predicted molar refractivity (Wildman–Crippen MR) is 129 cm³/mol. The van der Waals surface area contributed by atoms with Crippen molar-refractivity contribution in [3.63, 3.8) is 0 Å². The number of carboxylic acids is 1. The molecule has 0 radical (unpaired) electrons. The molecule has 2 heterocycles. The summed E-state index contributed by atoms with van der Waals surface area (Å²) in [5, 5.41) is 24.5. The van der Waals surface area contributed by atoms with Gasteiger partial charge in [-0.2, -0.15) is 5.10 Å². The maximum absolute atomic E-state index is 10.7. The van der Waals surface area contributed by atoms with Crippen LogP contribution in [-0.4, -0.2) is 26.0 Å². The van der Waals surface area contributed by atoms with E-state index in [9.17, 15) is 9.90 Å². The summed E-state index contributed by atoms with van der Waals surface area (Å²) in [5.74, 6) is -0.975. The topological polar surface area (TPSA) is 75.3 Å². The summed E-state index contributed by atoms with van der Waals surface area (Å²) in [5.41, 5.74) is 2.88. The Labute approximate surface area is 194 Å². The van der Waals surface area contributed by atoms with Crippen molar-refractivity contribution in [2.24, 2.45) is 0 Å². The molecule has 0 aliphatic carbocycles. The molecule has 0 bridgehead atoms. The Morgan fingerprint density at radius 1 is 1.06 bits per heavy atom. The van der Waals surface area contributed by atoms with Gasteiger partial charge in [0.05, 0.1) is 27.0 Å².